The number of carbonyl (C=O) groups excluding carboxylic acids is 4. The summed E-state index contributed by atoms with van der Waals surface area (Å²) in [5.41, 5.74) is 0. The summed E-state index contributed by atoms with van der Waals surface area (Å²) in [7, 11) is -9.83. The average molecular weight is 1000 g/mol. The molecular formula is C48H92O17P2. The molecule has 0 rings (SSSR count). The van der Waals surface area contributed by atoms with E-state index in [2.05, 4.69) is 27.7 Å². The Balaban J connectivity index is 5.16. The molecule has 0 saturated heterocycles. The van der Waals surface area contributed by atoms with E-state index in [1.807, 2.05) is 0 Å². The molecule has 0 heterocycles. The van der Waals surface area contributed by atoms with Crippen LogP contribution in [0, 0.1) is 0 Å². The van der Waals surface area contributed by atoms with Gasteiger partial charge in [-0.15, -0.1) is 0 Å². The van der Waals surface area contributed by atoms with Crippen molar-refractivity contribution in [3.05, 3.63) is 0 Å². The van der Waals surface area contributed by atoms with Gasteiger partial charge in [0.1, 0.15) is 19.3 Å². The Labute approximate surface area is 403 Å². The SMILES string of the molecule is CCCCCCCCCCC(=O)O[C@H](COC(=O)CCCCCCCCC)COP(=O)(O)OC[C@@H](O)COP(=O)(O)OC[C@@H](COC(=O)CCCCCCCC)OC(=O)CCCCCCCC. The van der Waals surface area contributed by atoms with E-state index >= 15 is 0 Å². The molecule has 0 aliphatic heterocycles. The van der Waals surface area contributed by atoms with Crippen molar-refractivity contribution in [1.82, 2.24) is 0 Å². The highest BCUT2D eigenvalue weighted by atomic mass is 31.2. The summed E-state index contributed by atoms with van der Waals surface area (Å²) in [6.45, 7) is 4.57. The van der Waals surface area contributed by atoms with Gasteiger partial charge in [0.15, 0.2) is 12.2 Å². The fourth-order valence-corrected chi connectivity index (χ4v) is 8.38. The van der Waals surface area contributed by atoms with Gasteiger partial charge in [0, 0.05) is 25.7 Å². The molecule has 0 aromatic carbocycles. The zero-order chi connectivity index (χ0) is 49.9. The number of hydrogen-bond acceptors (Lipinski definition) is 15. The van der Waals surface area contributed by atoms with Gasteiger partial charge in [-0.05, 0) is 25.7 Å². The van der Waals surface area contributed by atoms with E-state index in [9.17, 15) is 43.2 Å². The maximum atomic E-state index is 12.8. The molecule has 2 unspecified atom stereocenters. The minimum absolute atomic E-state index is 0.101. The van der Waals surface area contributed by atoms with Crippen molar-refractivity contribution in [1.29, 1.82) is 0 Å². The Morgan fingerprint density at radius 2 is 0.597 bits per heavy atom. The minimum atomic E-state index is -4.92. The zero-order valence-corrected chi connectivity index (χ0v) is 43.6. The molecule has 0 aromatic heterocycles. The number of phosphoric ester groups is 2. The number of phosphoric acid groups is 2. The standard InChI is InChI=1S/C48H92O17P2/c1-5-9-13-17-21-23-27-31-35-48(53)65-44(39-59-46(51)33-29-26-22-18-14-10-6-2)41-63-67(56,57)61-37-42(49)36-60-66(54,55)62-40-43(64-47(52)34-30-25-20-16-12-8-4)38-58-45(50)32-28-24-19-15-11-7-3/h42-44,49H,5-41H2,1-4H3,(H,54,55)(H,56,57)/t42-,43+,44+/m0/s1. The van der Waals surface area contributed by atoms with Gasteiger partial charge in [0.2, 0.25) is 0 Å². The van der Waals surface area contributed by atoms with Crippen molar-refractivity contribution in [2.75, 3.05) is 39.6 Å². The third-order valence-electron chi connectivity index (χ3n) is 10.9. The fourth-order valence-electron chi connectivity index (χ4n) is 6.80. The number of hydrogen-bond donors (Lipinski definition) is 3. The van der Waals surface area contributed by atoms with Crippen LogP contribution < -0.4 is 0 Å². The Kier molecular flexibility index (Phi) is 42.8. The Morgan fingerprint density at radius 1 is 0.358 bits per heavy atom. The van der Waals surface area contributed by atoms with Crippen LogP contribution in [-0.2, 0) is 65.4 Å². The number of rotatable bonds is 49. The van der Waals surface area contributed by atoms with Crippen LogP contribution in [-0.4, -0.2) is 96.7 Å². The summed E-state index contributed by atoms with van der Waals surface area (Å²) in [4.78, 5) is 70.9. The van der Waals surface area contributed by atoms with E-state index in [1.54, 1.807) is 0 Å². The highest BCUT2D eigenvalue weighted by Crippen LogP contribution is 2.45. The molecule has 0 aromatic rings. The van der Waals surface area contributed by atoms with Crippen LogP contribution in [0.3, 0.4) is 0 Å². The molecule has 0 aliphatic carbocycles. The van der Waals surface area contributed by atoms with Crippen LogP contribution in [0.1, 0.15) is 227 Å². The molecule has 5 atom stereocenters. The number of esters is 4. The predicted molar refractivity (Wildman–Crippen MR) is 257 cm³/mol. The largest absolute Gasteiger partial charge is 0.472 e. The van der Waals surface area contributed by atoms with E-state index in [0.717, 1.165) is 128 Å². The summed E-state index contributed by atoms with van der Waals surface area (Å²) in [6.07, 6.45) is 23.2. The van der Waals surface area contributed by atoms with E-state index < -0.39 is 97.5 Å². The topological polar surface area (TPSA) is 237 Å². The molecule has 19 heteroatoms. The lowest BCUT2D eigenvalue weighted by Crippen LogP contribution is -2.30. The number of ether oxygens (including phenoxy) is 4. The van der Waals surface area contributed by atoms with E-state index in [-0.39, 0.29) is 25.7 Å². The first kappa shape index (κ1) is 65.1. The molecule has 0 aliphatic rings. The van der Waals surface area contributed by atoms with Crippen LogP contribution in [0.2, 0.25) is 0 Å². The molecule has 396 valence electrons. The highest BCUT2D eigenvalue weighted by molar-refractivity contribution is 7.47. The third-order valence-corrected chi connectivity index (χ3v) is 12.8. The summed E-state index contributed by atoms with van der Waals surface area (Å²) >= 11 is 0. The monoisotopic (exact) mass is 1000 g/mol. The first-order chi connectivity index (χ1) is 32.2. The van der Waals surface area contributed by atoms with Crippen molar-refractivity contribution in [3.63, 3.8) is 0 Å². The maximum absolute atomic E-state index is 12.8. The zero-order valence-electron chi connectivity index (χ0n) is 41.8. The molecule has 0 fully saturated rings. The number of carbonyl (C=O) groups is 4. The van der Waals surface area contributed by atoms with E-state index in [1.165, 1.54) is 19.3 Å². The van der Waals surface area contributed by atoms with Crippen LogP contribution in [0.15, 0.2) is 0 Å². The molecule has 0 amide bonds. The Hall–Kier alpha value is -1.94. The number of unbranched alkanes of at least 4 members (excludes halogenated alkanes) is 23. The van der Waals surface area contributed by atoms with Gasteiger partial charge in [-0.25, -0.2) is 9.13 Å². The van der Waals surface area contributed by atoms with Gasteiger partial charge in [-0.2, -0.15) is 0 Å². The quantitative estimate of drug-likeness (QED) is 0.0222. The third kappa shape index (κ3) is 43.8. The average Bonchev–Trinajstić information content (AvgIpc) is 3.29. The van der Waals surface area contributed by atoms with Gasteiger partial charge in [-0.1, -0.05) is 175 Å². The molecule has 67 heavy (non-hydrogen) atoms. The first-order valence-corrected chi connectivity index (χ1v) is 28.8. The van der Waals surface area contributed by atoms with Crippen LogP contribution in [0.5, 0.6) is 0 Å². The highest BCUT2D eigenvalue weighted by Gasteiger charge is 2.30. The van der Waals surface area contributed by atoms with Gasteiger partial charge in [0.05, 0.1) is 26.4 Å². The molecule has 0 spiro atoms. The van der Waals surface area contributed by atoms with Crippen molar-refractivity contribution in [2.45, 2.75) is 245 Å². The van der Waals surface area contributed by atoms with Gasteiger partial charge >= 0.3 is 39.5 Å². The second kappa shape index (κ2) is 44.0. The van der Waals surface area contributed by atoms with Crippen molar-refractivity contribution >= 4 is 39.5 Å². The number of aliphatic hydroxyl groups is 1. The molecule has 3 N–H and O–H groups in total. The van der Waals surface area contributed by atoms with Crippen LogP contribution in [0.4, 0.5) is 0 Å². The molecule has 17 nitrogen and oxygen atoms in total. The van der Waals surface area contributed by atoms with Crippen molar-refractivity contribution in [3.8, 4) is 0 Å². The number of aliphatic hydroxyl groups excluding tert-OH is 1. The summed E-state index contributed by atoms with van der Waals surface area (Å²) in [5.74, 6) is -2.18. The van der Waals surface area contributed by atoms with Crippen molar-refractivity contribution < 1.29 is 80.2 Å². The Morgan fingerprint density at radius 3 is 0.881 bits per heavy atom. The maximum Gasteiger partial charge on any atom is 0.472 e. The van der Waals surface area contributed by atoms with E-state index in [4.69, 9.17) is 37.0 Å². The first-order valence-electron chi connectivity index (χ1n) is 25.8. The lowest BCUT2D eigenvalue weighted by molar-refractivity contribution is -0.161. The molecular weight excluding hydrogens is 910 g/mol. The molecule has 0 saturated carbocycles. The van der Waals surface area contributed by atoms with Crippen LogP contribution in [0.25, 0.3) is 0 Å². The summed E-state index contributed by atoms with van der Waals surface area (Å²) in [6, 6.07) is 0. The molecule has 0 bridgehead atoms. The predicted octanol–water partition coefficient (Wildman–Crippen LogP) is 11.7. The fraction of sp³-hybridized carbons (Fsp3) is 0.917. The minimum Gasteiger partial charge on any atom is -0.462 e. The molecule has 0 radical (unpaired) electrons. The second-order valence-corrected chi connectivity index (χ2v) is 20.4. The normalized spacial score (nSPS) is 14.7. The second-order valence-electron chi connectivity index (χ2n) is 17.5. The van der Waals surface area contributed by atoms with Crippen LogP contribution >= 0.6 is 15.6 Å². The lowest BCUT2D eigenvalue weighted by Gasteiger charge is -2.21. The summed E-state index contributed by atoms with van der Waals surface area (Å²) < 4.78 is 66.8. The smallest absolute Gasteiger partial charge is 0.462 e. The lowest BCUT2D eigenvalue weighted by atomic mass is 10.1. The van der Waals surface area contributed by atoms with Gasteiger partial charge in [0.25, 0.3) is 0 Å². The Bertz CT molecular complexity index is 1340. The van der Waals surface area contributed by atoms with E-state index in [0.29, 0.717) is 25.7 Å². The van der Waals surface area contributed by atoms with Crippen molar-refractivity contribution in [2.24, 2.45) is 0 Å². The van der Waals surface area contributed by atoms with Gasteiger partial charge in [-0.3, -0.25) is 37.3 Å². The van der Waals surface area contributed by atoms with Gasteiger partial charge < -0.3 is 33.8 Å². The summed E-state index contributed by atoms with van der Waals surface area (Å²) in [5, 5.41) is 10.4.